The maximum absolute atomic E-state index is 11.2. The van der Waals surface area contributed by atoms with Crippen molar-refractivity contribution in [3.8, 4) is 11.6 Å². The summed E-state index contributed by atoms with van der Waals surface area (Å²) in [6.07, 6.45) is 4.55. The van der Waals surface area contributed by atoms with E-state index in [4.69, 9.17) is 12.2 Å². The van der Waals surface area contributed by atoms with Crippen molar-refractivity contribution < 1.29 is 15.0 Å². The van der Waals surface area contributed by atoms with Crippen molar-refractivity contribution in [1.29, 1.82) is 0 Å². The number of carboxylic acid groups (broad SMARTS) is 1. The van der Waals surface area contributed by atoms with Crippen molar-refractivity contribution in [3.05, 3.63) is 68.0 Å². The molecule has 0 bridgehead atoms. The first-order valence-corrected chi connectivity index (χ1v) is 9.88. The van der Waals surface area contributed by atoms with E-state index >= 15 is 0 Å². The molecule has 0 saturated heterocycles. The molecule has 140 valence electrons. The lowest BCUT2D eigenvalue weighted by Crippen LogP contribution is -1.99. The zero-order chi connectivity index (χ0) is 19.8. The minimum Gasteiger partial charge on any atom is -0.493 e. The Kier molecular flexibility index (Phi) is 4.70. The third-order valence-electron chi connectivity index (χ3n) is 4.59. The molecule has 0 aliphatic carbocycles. The standard InChI is InChI=1S/C21H16N2O3S2/c1-2-12-5-4-8-16-14(11-22-18(12)16)10-17-19(24)23(21(27)28-17)15-7-3-6-13(9-15)20(25)26/h3-11,24H,2H2,1H3,(H,25,26)/b14-10+. The van der Waals surface area contributed by atoms with Gasteiger partial charge in [-0.1, -0.05) is 31.2 Å². The maximum Gasteiger partial charge on any atom is 0.335 e. The van der Waals surface area contributed by atoms with Crippen LogP contribution in [0, 0.1) is 3.95 Å². The number of hydrogen-bond acceptors (Lipinski definition) is 5. The fourth-order valence-corrected chi connectivity index (χ4v) is 4.50. The summed E-state index contributed by atoms with van der Waals surface area (Å²) in [5.41, 5.74) is 4.72. The Labute approximate surface area is 170 Å². The van der Waals surface area contributed by atoms with Crippen LogP contribution in [-0.2, 0) is 6.42 Å². The van der Waals surface area contributed by atoms with Gasteiger partial charge in [-0.25, -0.2) is 4.79 Å². The summed E-state index contributed by atoms with van der Waals surface area (Å²) < 4.78 is 1.92. The number of aromatic nitrogens is 1. The van der Waals surface area contributed by atoms with Crippen LogP contribution in [0.3, 0.4) is 0 Å². The van der Waals surface area contributed by atoms with Gasteiger partial charge in [0.25, 0.3) is 0 Å². The van der Waals surface area contributed by atoms with Crippen LogP contribution in [-0.4, -0.2) is 27.0 Å². The number of carboxylic acids is 1. The molecule has 0 atom stereocenters. The Balaban J connectivity index is 1.80. The average Bonchev–Trinajstić information content (AvgIpc) is 3.22. The number of fused-ring (bicyclic) bond motifs is 1. The van der Waals surface area contributed by atoms with Gasteiger partial charge in [0, 0.05) is 17.4 Å². The van der Waals surface area contributed by atoms with E-state index in [1.807, 2.05) is 18.2 Å². The first-order chi connectivity index (χ1) is 13.5. The van der Waals surface area contributed by atoms with E-state index in [2.05, 4.69) is 18.0 Å². The van der Waals surface area contributed by atoms with Crippen LogP contribution in [0.1, 0.15) is 33.3 Å². The van der Waals surface area contributed by atoms with Gasteiger partial charge in [-0.05, 0) is 48.5 Å². The third kappa shape index (κ3) is 3.08. The van der Waals surface area contributed by atoms with E-state index in [-0.39, 0.29) is 11.4 Å². The van der Waals surface area contributed by atoms with E-state index < -0.39 is 5.97 Å². The Morgan fingerprint density at radius 3 is 2.82 bits per heavy atom. The van der Waals surface area contributed by atoms with Gasteiger partial charge in [0.15, 0.2) is 3.95 Å². The number of aromatic hydroxyl groups is 1. The monoisotopic (exact) mass is 408 g/mol. The van der Waals surface area contributed by atoms with Crippen molar-refractivity contribution in [2.75, 3.05) is 0 Å². The van der Waals surface area contributed by atoms with E-state index in [1.54, 1.807) is 18.3 Å². The van der Waals surface area contributed by atoms with Gasteiger partial charge in [-0.15, -0.1) is 11.3 Å². The van der Waals surface area contributed by atoms with Gasteiger partial charge in [-0.2, -0.15) is 0 Å². The number of rotatable bonds is 4. The number of benzene rings is 2. The Hall–Kier alpha value is -3.03. The molecule has 28 heavy (non-hydrogen) atoms. The zero-order valence-electron chi connectivity index (χ0n) is 14.9. The highest BCUT2D eigenvalue weighted by Gasteiger charge is 2.18. The van der Waals surface area contributed by atoms with Crippen molar-refractivity contribution >= 4 is 53.1 Å². The number of aryl methyl sites for hydroxylation is 1. The molecule has 3 aromatic rings. The zero-order valence-corrected chi connectivity index (χ0v) is 16.5. The van der Waals surface area contributed by atoms with E-state index in [0.717, 1.165) is 23.2 Å². The SMILES string of the molecule is CCc1cccc2c1N=C/C2=C\c1sc(=S)n(-c2cccc(C(=O)O)c2)c1O. The van der Waals surface area contributed by atoms with E-state index in [1.165, 1.54) is 33.6 Å². The van der Waals surface area contributed by atoms with Crippen LogP contribution in [0.4, 0.5) is 5.69 Å². The van der Waals surface area contributed by atoms with Crippen molar-refractivity contribution in [1.82, 2.24) is 4.57 Å². The number of aliphatic imine (C=N–C) groups is 1. The summed E-state index contributed by atoms with van der Waals surface area (Å²) in [5, 5.41) is 20.0. The van der Waals surface area contributed by atoms with Crippen LogP contribution >= 0.6 is 23.6 Å². The lowest BCUT2D eigenvalue weighted by molar-refractivity contribution is 0.0697. The summed E-state index contributed by atoms with van der Waals surface area (Å²) in [5.74, 6) is -1.05. The topological polar surface area (TPSA) is 74.8 Å². The largest absolute Gasteiger partial charge is 0.493 e. The summed E-state index contributed by atoms with van der Waals surface area (Å²) in [6, 6.07) is 12.4. The minimum atomic E-state index is -1.03. The molecule has 4 rings (SSSR count). The molecule has 0 spiro atoms. The minimum absolute atomic E-state index is 0.0152. The lowest BCUT2D eigenvalue weighted by atomic mass is 10.0. The molecular weight excluding hydrogens is 392 g/mol. The predicted molar refractivity (Wildman–Crippen MR) is 115 cm³/mol. The lowest BCUT2D eigenvalue weighted by Gasteiger charge is -2.06. The van der Waals surface area contributed by atoms with Gasteiger partial charge >= 0.3 is 5.97 Å². The van der Waals surface area contributed by atoms with Crippen LogP contribution in [0.15, 0.2) is 47.5 Å². The fraction of sp³-hybridized carbons (Fsp3) is 0.0952. The highest BCUT2D eigenvalue weighted by molar-refractivity contribution is 7.73. The van der Waals surface area contributed by atoms with Crippen molar-refractivity contribution in [2.45, 2.75) is 13.3 Å². The molecule has 7 heteroatoms. The van der Waals surface area contributed by atoms with Crippen molar-refractivity contribution in [2.24, 2.45) is 4.99 Å². The van der Waals surface area contributed by atoms with Gasteiger partial charge < -0.3 is 10.2 Å². The van der Waals surface area contributed by atoms with E-state index in [9.17, 15) is 15.0 Å². The number of aromatic carboxylic acids is 1. The van der Waals surface area contributed by atoms with Crippen LogP contribution < -0.4 is 0 Å². The van der Waals surface area contributed by atoms with Gasteiger partial charge in [-0.3, -0.25) is 9.56 Å². The first-order valence-electron chi connectivity index (χ1n) is 8.66. The molecule has 0 saturated carbocycles. The summed E-state index contributed by atoms with van der Waals surface area (Å²) >= 11 is 6.68. The van der Waals surface area contributed by atoms with Gasteiger partial charge in [0.05, 0.1) is 21.8 Å². The second-order valence-corrected chi connectivity index (χ2v) is 7.95. The molecule has 0 amide bonds. The third-order valence-corrected chi connectivity index (χ3v) is 5.90. The summed E-state index contributed by atoms with van der Waals surface area (Å²) in [6.45, 7) is 2.09. The molecule has 2 heterocycles. The number of nitrogens with zero attached hydrogens (tertiary/aromatic N) is 2. The Morgan fingerprint density at radius 1 is 1.29 bits per heavy atom. The first kappa shape index (κ1) is 18.3. The number of allylic oxidation sites excluding steroid dienone is 1. The second-order valence-electron chi connectivity index (χ2n) is 6.27. The van der Waals surface area contributed by atoms with Crippen LogP contribution in [0.25, 0.3) is 17.3 Å². The predicted octanol–water partition coefficient (Wildman–Crippen LogP) is 5.49. The molecular formula is C21H16N2O3S2. The second kappa shape index (κ2) is 7.18. The van der Waals surface area contributed by atoms with Crippen molar-refractivity contribution in [3.63, 3.8) is 0 Å². The highest BCUT2D eigenvalue weighted by atomic mass is 32.1. The Bertz CT molecular complexity index is 1220. The fourth-order valence-electron chi connectivity index (χ4n) is 3.20. The maximum atomic E-state index is 11.2. The Morgan fingerprint density at radius 2 is 2.07 bits per heavy atom. The molecule has 0 radical (unpaired) electrons. The van der Waals surface area contributed by atoms with Crippen LogP contribution in [0.2, 0.25) is 0 Å². The number of hydrogen-bond donors (Lipinski definition) is 2. The van der Waals surface area contributed by atoms with Gasteiger partial charge in [0.2, 0.25) is 5.88 Å². The molecule has 5 nitrogen and oxygen atoms in total. The normalized spacial score (nSPS) is 13.8. The molecule has 2 N–H and O–H groups in total. The summed E-state index contributed by atoms with van der Waals surface area (Å²) in [7, 11) is 0. The highest BCUT2D eigenvalue weighted by Crippen LogP contribution is 2.38. The number of thiazole rings is 1. The van der Waals surface area contributed by atoms with E-state index in [0.29, 0.717) is 14.5 Å². The molecule has 2 aromatic carbocycles. The summed E-state index contributed by atoms with van der Waals surface area (Å²) in [4.78, 5) is 16.4. The molecule has 1 aliphatic heterocycles. The van der Waals surface area contributed by atoms with Gasteiger partial charge in [0.1, 0.15) is 0 Å². The average molecular weight is 409 g/mol. The quantitative estimate of drug-likeness (QED) is 0.560. The molecule has 1 aromatic heterocycles. The molecule has 1 aliphatic rings. The molecule has 0 fully saturated rings. The molecule has 0 unspecified atom stereocenters. The number of carbonyl (C=O) groups is 1. The smallest absolute Gasteiger partial charge is 0.335 e. The van der Waals surface area contributed by atoms with Crippen LogP contribution in [0.5, 0.6) is 5.88 Å². The number of para-hydroxylation sites is 1.